The van der Waals surface area contributed by atoms with E-state index < -0.39 is 5.41 Å². The lowest BCUT2D eigenvalue weighted by Crippen LogP contribution is -2.43. The smallest absolute Gasteiger partial charge is 0.239 e. The van der Waals surface area contributed by atoms with Crippen molar-refractivity contribution in [1.29, 1.82) is 0 Å². The van der Waals surface area contributed by atoms with Crippen LogP contribution in [0.1, 0.15) is 31.7 Å². The lowest BCUT2D eigenvalue weighted by Gasteiger charge is -2.24. The van der Waals surface area contributed by atoms with Crippen molar-refractivity contribution in [3.8, 4) is 0 Å². The first-order valence-electron chi connectivity index (χ1n) is 7.79. The van der Waals surface area contributed by atoms with Crippen molar-refractivity contribution in [3.63, 3.8) is 0 Å². The molecule has 4 rings (SSSR count). The van der Waals surface area contributed by atoms with Gasteiger partial charge >= 0.3 is 0 Å². The molecule has 2 fully saturated rings. The number of benzene rings is 1. The molecule has 1 atom stereocenters. The summed E-state index contributed by atoms with van der Waals surface area (Å²) in [6.07, 6.45) is 3.22. The molecule has 0 radical (unpaired) electrons. The molecule has 110 valence electrons. The molecule has 0 unspecified atom stereocenters. The normalized spacial score (nSPS) is 27.6. The van der Waals surface area contributed by atoms with Crippen molar-refractivity contribution in [3.05, 3.63) is 29.8 Å². The van der Waals surface area contributed by atoms with Crippen molar-refractivity contribution in [2.45, 2.75) is 31.6 Å². The van der Waals surface area contributed by atoms with Crippen LogP contribution in [0.2, 0.25) is 0 Å². The SMILES string of the molecule is CC(=O)N1CC[C@@]2(C1)C(=O)N(CC1CC1)c1ccccc12. The van der Waals surface area contributed by atoms with Gasteiger partial charge in [0, 0.05) is 32.2 Å². The van der Waals surface area contributed by atoms with Crippen LogP contribution in [-0.4, -0.2) is 36.3 Å². The summed E-state index contributed by atoms with van der Waals surface area (Å²) in [6, 6.07) is 8.14. The summed E-state index contributed by atoms with van der Waals surface area (Å²) in [5.41, 5.74) is 1.70. The molecule has 2 aliphatic heterocycles. The number of rotatable bonds is 2. The maximum absolute atomic E-state index is 13.1. The average molecular weight is 284 g/mol. The fourth-order valence-corrected chi connectivity index (χ4v) is 3.81. The summed E-state index contributed by atoms with van der Waals surface area (Å²) < 4.78 is 0. The quantitative estimate of drug-likeness (QED) is 0.832. The second-order valence-electron chi connectivity index (χ2n) is 6.65. The highest BCUT2D eigenvalue weighted by Crippen LogP contribution is 2.48. The molecule has 1 saturated carbocycles. The van der Waals surface area contributed by atoms with Crippen LogP contribution in [0.5, 0.6) is 0 Å². The number of amides is 2. The summed E-state index contributed by atoms with van der Waals surface area (Å²) in [5.74, 6) is 0.944. The molecule has 1 aliphatic carbocycles. The van der Waals surface area contributed by atoms with Gasteiger partial charge in [-0.25, -0.2) is 0 Å². The molecule has 1 aromatic carbocycles. The van der Waals surface area contributed by atoms with Crippen LogP contribution in [-0.2, 0) is 15.0 Å². The van der Waals surface area contributed by atoms with E-state index in [1.54, 1.807) is 6.92 Å². The zero-order valence-corrected chi connectivity index (χ0v) is 12.3. The lowest BCUT2D eigenvalue weighted by molar-refractivity contribution is -0.128. The zero-order chi connectivity index (χ0) is 14.6. The van der Waals surface area contributed by atoms with E-state index in [-0.39, 0.29) is 11.8 Å². The Morgan fingerprint density at radius 2 is 2.10 bits per heavy atom. The van der Waals surface area contributed by atoms with E-state index in [1.165, 1.54) is 12.8 Å². The molecule has 4 nitrogen and oxygen atoms in total. The number of fused-ring (bicyclic) bond motifs is 2. The maximum Gasteiger partial charge on any atom is 0.239 e. The van der Waals surface area contributed by atoms with E-state index in [0.29, 0.717) is 19.0 Å². The first kappa shape index (κ1) is 12.9. The first-order chi connectivity index (χ1) is 10.1. The number of hydrogen-bond acceptors (Lipinski definition) is 2. The summed E-state index contributed by atoms with van der Waals surface area (Å²) in [4.78, 5) is 28.6. The molecule has 0 N–H and O–H groups in total. The van der Waals surface area contributed by atoms with Gasteiger partial charge in [0.25, 0.3) is 0 Å². The number of carbonyl (C=O) groups excluding carboxylic acids is 2. The topological polar surface area (TPSA) is 40.6 Å². The predicted molar refractivity (Wildman–Crippen MR) is 80.1 cm³/mol. The average Bonchev–Trinajstić information content (AvgIpc) is 3.14. The van der Waals surface area contributed by atoms with E-state index in [4.69, 9.17) is 0 Å². The number of carbonyl (C=O) groups is 2. The Hall–Kier alpha value is -1.84. The van der Waals surface area contributed by atoms with E-state index >= 15 is 0 Å². The van der Waals surface area contributed by atoms with E-state index in [0.717, 1.165) is 24.2 Å². The molecule has 1 saturated heterocycles. The summed E-state index contributed by atoms with van der Waals surface area (Å²) in [7, 11) is 0. The van der Waals surface area contributed by atoms with E-state index in [9.17, 15) is 9.59 Å². The third-order valence-corrected chi connectivity index (χ3v) is 5.22. The van der Waals surface area contributed by atoms with Gasteiger partial charge in [-0.1, -0.05) is 18.2 Å². The summed E-state index contributed by atoms with van der Waals surface area (Å²) in [6.45, 7) is 3.66. The molecule has 2 amide bonds. The molecule has 0 aromatic heterocycles. The van der Waals surface area contributed by atoms with Crippen LogP contribution in [0.25, 0.3) is 0 Å². The maximum atomic E-state index is 13.1. The predicted octanol–water partition coefficient (Wildman–Crippen LogP) is 1.93. The number of nitrogens with zero attached hydrogens (tertiary/aromatic N) is 2. The minimum atomic E-state index is -0.489. The van der Waals surface area contributed by atoms with Gasteiger partial charge in [-0.3, -0.25) is 9.59 Å². The molecule has 0 bridgehead atoms. The highest BCUT2D eigenvalue weighted by atomic mass is 16.2. The monoisotopic (exact) mass is 284 g/mol. The van der Waals surface area contributed by atoms with Crippen LogP contribution in [0, 0.1) is 5.92 Å². The number of likely N-dealkylation sites (tertiary alicyclic amines) is 1. The van der Waals surface area contributed by atoms with E-state index in [2.05, 4.69) is 12.1 Å². The third kappa shape index (κ3) is 1.81. The van der Waals surface area contributed by atoms with Crippen molar-refractivity contribution in [2.75, 3.05) is 24.5 Å². The van der Waals surface area contributed by atoms with Gasteiger partial charge in [0.05, 0.1) is 5.41 Å². The van der Waals surface area contributed by atoms with Crippen LogP contribution in [0.15, 0.2) is 24.3 Å². The fraction of sp³-hybridized carbons (Fsp3) is 0.529. The number of hydrogen-bond donors (Lipinski definition) is 0. The van der Waals surface area contributed by atoms with Crippen molar-refractivity contribution >= 4 is 17.5 Å². The standard InChI is InChI=1S/C17H20N2O2/c1-12(20)18-9-8-17(11-18)14-4-2-3-5-15(14)19(16(17)21)10-13-6-7-13/h2-5,13H,6-11H2,1H3/t17-/m0/s1. The van der Waals surface area contributed by atoms with Crippen molar-refractivity contribution in [2.24, 2.45) is 5.92 Å². The van der Waals surface area contributed by atoms with Crippen LogP contribution in [0.4, 0.5) is 5.69 Å². The number of para-hydroxylation sites is 1. The zero-order valence-electron chi connectivity index (χ0n) is 12.3. The Labute approximate surface area is 124 Å². The highest BCUT2D eigenvalue weighted by molar-refractivity contribution is 6.09. The molecule has 4 heteroatoms. The molecule has 3 aliphatic rings. The summed E-state index contributed by atoms with van der Waals surface area (Å²) >= 11 is 0. The molecule has 1 spiro atoms. The van der Waals surface area contributed by atoms with Gasteiger partial charge in [-0.15, -0.1) is 0 Å². The first-order valence-corrected chi connectivity index (χ1v) is 7.79. The Balaban J connectivity index is 1.74. The van der Waals surface area contributed by atoms with Gasteiger partial charge in [-0.2, -0.15) is 0 Å². The molecular formula is C17H20N2O2. The Morgan fingerprint density at radius 1 is 1.33 bits per heavy atom. The molecular weight excluding hydrogens is 264 g/mol. The van der Waals surface area contributed by atoms with Crippen LogP contribution in [0.3, 0.4) is 0 Å². The largest absolute Gasteiger partial charge is 0.341 e. The third-order valence-electron chi connectivity index (χ3n) is 5.22. The molecule has 1 aromatic rings. The van der Waals surface area contributed by atoms with Crippen LogP contribution < -0.4 is 4.90 Å². The van der Waals surface area contributed by atoms with Gasteiger partial charge in [0.2, 0.25) is 11.8 Å². The Morgan fingerprint density at radius 3 is 2.76 bits per heavy atom. The minimum absolute atomic E-state index is 0.0674. The Bertz CT molecular complexity index is 623. The Kier molecular flexibility index (Phi) is 2.65. The van der Waals surface area contributed by atoms with Gasteiger partial charge in [0.1, 0.15) is 0 Å². The summed E-state index contributed by atoms with van der Waals surface area (Å²) in [5, 5.41) is 0. The van der Waals surface area contributed by atoms with Crippen LogP contribution >= 0.6 is 0 Å². The highest BCUT2D eigenvalue weighted by Gasteiger charge is 2.55. The second kappa shape index (κ2) is 4.33. The van der Waals surface area contributed by atoms with Gasteiger partial charge in [0.15, 0.2) is 0 Å². The molecule has 21 heavy (non-hydrogen) atoms. The lowest BCUT2D eigenvalue weighted by atomic mass is 9.81. The fourth-order valence-electron chi connectivity index (χ4n) is 3.81. The number of anilines is 1. The van der Waals surface area contributed by atoms with Crippen molar-refractivity contribution in [1.82, 2.24) is 4.90 Å². The minimum Gasteiger partial charge on any atom is -0.341 e. The van der Waals surface area contributed by atoms with Gasteiger partial charge in [-0.05, 0) is 36.8 Å². The molecule has 2 heterocycles. The second-order valence-corrected chi connectivity index (χ2v) is 6.65. The van der Waals surface area contributed by atoms with Gasteiger partial charge < -0.3 is 9.80 Å². The van der Waals surface area contributed by atoms with Crippen molar-refractivity contribution < 1.29 is 9.59 Å². The van der Waals surface area contributed by atoms with E-state index in [1.807, 2.05) is 21.9 Å².